The summed E-state index contributed by atoms with van der Waals surface area (Å²) in [5.74, 6) is -0.296. The van der Waals surface area contributed by atoms with E-state index in [1.54, 1.807) is 18.2 Å². The molecule has 0 fully saturated rings. The van der Waals surface area contributed by atoms with Gasteiger partial charge in [-0.05, 0) is 19.1 Å². The lowest BCUT2D eigenvalue weighted by molar-refractivity contribution is -0.116. The number of thiazole rings is 1. The third kappa shape index (κ3) is 5.22. The highest BCUT2D eigenvalue weighted by Gasteiger charge is 2.14. The molecule has 1 amide bonds. The summed E-state index contributed by atoms with van der Waals surface area (Å²) in [6.45, 7) is 2.03. The van der Waals surface area contributed by atoms with Crippen LogP contribution < -0.4 is 10.0 Å². The highest BCUT2D eigenvalue weighted by Crippen LogP contribution is 2.25. The molecule has 0 saturated carbocycles. The maximum Gasteiger partial charge on any atom is 0.240 e. The van der Waals surface area contributed by atoms with Crippen molar-refractivity contribution < 1.29 is 13.2 Å². The van der Waals surface area contributed by atoms with Crippen LogP contribution in [0.2, 0.25) is 0 Å². The average Bonchev–Trinajstić information content (AvgIpc) is 3.11. The first-order valence-electron chi connectivity index (χ1n) is 8.31. The minimum atomic E-state index is -3.61. The number of aryl methyl sites for hydroxylation is 1. The van der Waals surface area contributed by atoms with Crippen molar-refractivity contribution in [3.63, 3.8) is 0 Å². The Bertz CT molecular complexity index is 1010. The van der Waals surface area contributed by atoms with Crippen molar-refractivity contribution in [3.05, 3.63) is 65.5 Å². The molecular weight excluding hydrogens is 382 g/mol. The molecule has 8 heteroatoms. The fourth-order valence-electron chi connectivity index (χ4n) is 2.35. The SMILES string of the molecule is Cc1ccc(-c2csc(NC(=O)CCNS(=O)(=O)c3ccccc3)n2)cc1. The summed E-state index contributed by atoms with van der Waals surface area (Å²) >= 11 is 1.33. The summed E-state index contributed by atoms with van der Waals surface area (Å²) in [4.78, 5) is 16.6. The van der Waals surface area contributed by atoms with Crippen molar-refractivity contribution in [2.75, 3.05) is 11.9 Å². The molecule has 6 nitrogen and oxygen atoms in total. The topological polar surface area (TPSA) is 88.2 Å². The van der Waals surface area contributed by atoms with Crippen LogP contribution in [0.25, 0.3) is 11.3 Å². The molecule has 0 radical (unpaired) electrons. The van der Waals surface area contributed by atoms with E-state index in [2.05, 4.69) is 15.0 Å². The number of amides is 1. The van der Waals surface area contributed by atoms with Crippen LogP contribution in [0.15, 0.2) is 64.9 Å². The van der Waals surface area contributed by atoms with E-state index in [1.165, 1.54) is 29.0 Å². The second-order valence-electron chi connectivity index (χ2n) is 5.91. The quantitative estimate of drug-likeness (QED) is 0.635. The Hall–Kier alpha value is -2.55. The zero-order valence-corrected chi connectivity index (χ0v) is 16.3. The molecule has 27 heavy (non-hydrogen) atoms. The lowest BCUT2D eigenvalue weighted by Gasteiger charge is -2.06. The second-order valence-corrected chi connectivity index (χ2v) is 8.54. The van der Waals surface area contributed by atoms with Gasteiger partial charge < -0.3 is 5.32 Å². The maximum absolute atomic E-state index is 12.1. The number of anilines is 1. The molecule has 1 heterocycles. The molecule has 0 saturated heterocycles. The standard InChI is InChI=1S/C19H19N3O3S2/c1-14-7-9-15(10-8-14)17-13-26-19(21-17)22-18(23)11-12-20-27(24,25)16-5-3-2-4-6-16/h2-10,13,20H,11-12H2,1H3,(H,21,22,23). The first kappa shape index (κ1) is 19.2. The van der Waals surface area contributed by atoms with E-state index in [4.69, 9.17) is 0 Å². The Morgan fingerprint density at radius 2 is 1.78 bits per heavy atom. The van der Waals surface area contributed by atoms with Crippen molar-refractivity contribution >= 4 is 32.4 Å². The summed E-state index contributed by atoms with van der Waals surface area (Å²) in [5.41, 5.74) is 2.94. The van der Waals surface area contributed by atoms with E-state index < -0.39 is 10.0 Å². The van der Waals surface area contributed by atoms with Gasteiger partial charge in [0, 0.05) is 23.9 Å². The van der Waals surface area contributed by atoms with Gasteiger partial charge in [-0.25, -0.2) is 18.1 Å². The maximum atomic E-state index is 12.1. The second kappa shape index (κ2) is 8.43. The number of nitrogens with one attached hydrogen (secondary N) is 2. The molecule has 0 aliphatic rings. The molecule has 0 bridgehead atoms. The number of sulfonamides is 1. The molecule has 0 spiro atoms. The summed E-state index contributed by atoms with van der Waals surface area (Å²) < 4.78 is 26.6. The van der Waals surface area contributed by atoms with Crippen LogP contribution in [0.5, 0.6) is 0 Å². The molecule has 0 unspecified atom stereocenters. The zero-order chi connectivity index (χ0) is 19.3. The number of carbonyl (C=O) groups excluding carboxylic acids is 1. The smallest absolute Gasteiger partial charge is 0.240 e. The lowest BCUT2D eigenvalue weighted by Crippen LogP contribution is -2.27. The van der Waals surface area contributed by atoms with Crippen LogP contribution in [0.3, 0.4) is 0 Å². The molecule has 3 aromatic rings. The Labute approximate surface area is 162 Å². The van der Waals surface area contributed by atoms with E-state index in [1.807, 2.05) is 36.6 Å². The van der Waals surface area contributed by atoms with Gasteiger partial charge in [0.15, 0.2) is 5.13 Å². The molecule has 3 rings (SSSR count). The van der Waals surface area contributed by atoms with Gasteiger partial charge >= 0.3 is 0 Å². The number of aromatic nitrogens is 1. The van der Waals surface area contributed by atoms with Crippen LogP contribution >= 0.6 is 11.3 Å². The molecule has 2 N–H and O–H groups in total. The van der Waals surface area contributed by atoms with Crippen LogP contribution in [-0.2, 0) is 14.8 Å². The van der Waals surface area contributed by atoms with Gasteiger partial charge in [-0.1, -0.05) is 48.0 Å². The van der Waals surface area contributed by atoms with E-state index in [0.717, 1.165) is 11.3 Å². The third-order valence-corrected chi connectivity index (χ3v) is 6.03. The van der Waals surface area contributed by atoms with Crippen molar-refractivity contribution in [2.24, 2.45) is 0 Å². The largest absolute Gasteiger partial charge is 0.302 e. The number of hydrogen-bond acceptors (Lipinski definition) is 5. The van der Waals surface area contributed by atoms with E-state index in [0.29, 0.717) is 5.13 Å². The number of rotatable bonds is 7. The zero-order valence-electron chi connectivity index (χ0n) is 14.7. The van der Waals surface area contributed by atoms with Gasteiger partial charge in [0.25, 0.3) is 0 Å². The fraction of sp³-hybridized carbons (Fsp3) is 0.158. The molecule has 140 valence electrons. The van der Waals surface area contributed by atoms with E-state index in [-0.39, 0.29) is 23.8 Å². The highest BCUT2D eigenvalue weighted by molar-refractivity contribution is 7.89. The summed E-state index contributed by atoms with van der Waals surface area (Å²) in [6.07, 6.45) is 0.0194. The fourth-order valence-corrected chi connectivity index (χ4v) is 4.14. The Balaban J connectivity index is 1.52. The van der Waals surface area contributed by atoms with Crippen LogP contribution in [0, 0.1) is 6.92 Å². The molecular formula is C19H19N3O3S2. The molecule has 0 atom stereocenters. The van der Waals surface area contributed by atoms with Crippen molar-refractivity contribution in [2.45, 2.75) is 18.2 Å². The summed E-state index contributed by atoms with van der Waals surface area (Å²) in [7, 11) is -3.61. The van der Waals surface area contributed by atoms with Crippen LogP contribution in [0.1, 0.15) is 12.0 Å². The third-order valence-electron chi connectivity index (χ3n) is 3.80. The molecule has 2 aromatic carbocycles. The van der Waals surface area contributed by atoms with Crippen LogP contribution in [-0.4, -0.2) is 25.9 Å². The van der Waals surface area contributed by atoms with Crippen LogP contribution in [0.4, 0.5) is 5.13 Å². The van der Waals surface area contributed by atoms with Gasteiger partial charge in [0.05, 0.1) is 10.6 Å². The van der Waals surface area contributed by atoms with Gasteiger partial charge in [-0.15, -0.1) is 11.3 Å². The van der Waals surface area contributed by atoms with Gasteiger partial charge in [-0.2, -0.15) is 0 Å². The summed E-state index contributed by atoms with van der Waals surface area (Å²) in [5, 5.41) is 5.06. The minimum absolute atomic E-state index is 0.0132. The molecule has 1 aromatic heterocycles. The highest BCUT2D eigenvalue weighted by atomic mass is 32.2. The van der Waals surface area contributed by atoms with Gasteiger partial charge in [-0.3, -0.25) is 4.79 Å². The Kier molecular flexibility index (Phi) is 6.00. The van der Waals surface area contributed by atoms with Crippen molar-refractivity contribution in [1.82, 2.24) is 9.71 Å². The normalized spacial score (nSPS) is 11.3. The number of hydrogen-bond donors (Lipinski definition) is 2. The predicted molar refractivity (Wildman–Crippen MR) is 107 cm³/mol. The first-order valence-corrected chi connectivity index (χ1v) is 10.7. The predicted octanol–water partition coefficient (Wildman–Crippen LogP) is 3.43. The average molecular weight is 402 g/mol. The molecule has 0 aliphatic carbocycles. The number of benzene rings is 2. The summed E-state index contributed by atoms with van der Waals surface area (Å²) in [6, 6.07) is 16.0. The number of carbonyl (C=O) groups is 1. The van der Waals surface area contributed by atoms with Gasteiger partial charge in [0.2, 0.25) is 15.9 Å². The van der Waals surface area contributed by atoms with E-state index in [9.17, 15) is 13.2 Å². The monoisotopic (exact) mass is 401 g/mol. The van der Waals surface area contributed by atoms with Crippen molar-refractivity contribution in [3.8, 4) is 11.3 Å². The molecule has 0 aliphatic heterocycles. The van der Waals surface area contributed by atoms with Crippen molar-refractivity contribution in [1.29, 1.82) is 0 Å². The minimum Gasteiger partial charge on any atom is -0.302 e. The first-order chi connectivity index (χ1) is 12.9. The number of nitrogens with zero attached hydrogens (tertiary/aromatic N) is 1. The lowest BCUT2D eigenvalue weighted by atomic mass is 10.1. The Morgan fingerprint density at radius 1 is 1.07 bits per heavy atom. The Morgan fingerprint density at radius 3 is 2.48 bits per heavy atom. The van der Waals surface area contributed by atoms with Gasteiger partial charge in [0.1, 0.15) is 0 Å². The van der Waals surface area contributed by atoms with E-state index >= 15 is 0 Å².